The fourth-order valence-electron chi connectivity index (χ4n) is 1.12. The van der Waals surface area contributed by atoms with Crippen LogP contribution in [0.2, 0.25) is 0 Å². The highest BCUT2D eigenvalue weighted by Gasteiger charge is 2.33. The molecule has 0 amide bonds. The van der Waals surface area contributed by atoms with E-state index in [2.05, 4.69) is 9.72 Å². The molecule has 0 aromatic carbocycles. The summed E-state index contributed by atoms with van der Waals surface area (Å²) in [4.78, 5) is 13.5. The van der Waals surface area contributed by atoms with Gasteiger partial charge in [0.1, 0.15) is 0 Å². The summed E-state index contributed by atoms with van der Waals surface area (Å²) in [5.74, 6) is -3.88. The van der Waals surface area contributed by atoms with Crippen molar-refractivity contribution in [3.8, 4) is 5.75 Å². The Bertz CT molecular complexity index is 464. The fraction of sp³-hybridized carbons (Fsp3) is 0.333. The molecule has 9 heteroatoms. The molecule has 0 saturated heterocycles. The second kappa shape index (κ2) is 5.38. The highest BCUT2D eigenvalue weighted by atomic mass is 35.5. The van der Waals surface area contributed by atoms with Crippen molar-refractivity contribution in [2.75, 3.05) is 0 Å². The van der Waals surface area contributed by atoms with Crippen LogP contribution in [-0.2, 0) is 17.1 Å². The van der Waals surface area contributed by atoms with Crippen LogP contribution in [0.3, 0.4) is 0 Å². The Balaban J connectivity index is 3.21. The minimum absolute atomic E-state index is 0.315. The van der Waals surface area contributed by atoms with Crippen LogP contribution in [-0.4, -0.2) is 22.4 Å². The molecule has 1 N–H and O–H groups in total. The van der Waals surface area contributed by atoms with Gasteiger partial charge < -0.3 is 9.84 Å². The Morgan fingerprint density at radius 3 is 2.56 bits per heavy atom. The highest BCUT2D eigenvalue weighted by Crippen LogP contribution is 2.28. The number of aromatic nitrogens is 1. The van der Waals surface area contributed by atoms with Gasteiger partial charge in [-0.15, -0.1) is 24.8 Å². The number of carboxylic acids is 1. The number of carbonyl (C=O) groups is 1. The lowest BCUT2D eigenvalue weighted by atomic mass is 10.2. The van der Waals surface area contributed by atoms with Crippen molar-refractivity contribution in [3.63, 3.8) is 0 Å². The van der Waals surface area contributed by atoms with Crippen molar-refractivity contribution in [2.24, 2.45) is 0 Å². The maximum atomic E-state index is 13.2. The molecule has 0 fully saturated rings. The summed E-state index contributed by atoms with van der Waals surface area (Å²) >= 11 is 5.30. The third-order valence-corrected chi connectivity index (χ3v) is 2.06. The number of nitrogens with zero attached hydrogens (tertiary/aromatic N) is 1. The summed E-state index contributed by atoms with van der Waals surface area (Å²) in [5, 5.41) is 8.48. The number of alkyl halides is 4. The second-order valence-electron chi connectivity index (χ2n) is 3.14. The van der Waals surface area contributed by atoms with Crippen LogP contribution in [0.5, 0.6) is 5.75 Å². The second-order valence-corrected chi connectivity index (χ2v) is 3.40. The third kappa shape index (κ3) is 4.02. The molecule has 18 heavy (non-hydrogen) atoms. The van der Waals surface area contributed by atoms with Crippen molar-refractivity contribution < 1.29 is 32.2 Å². The predicted molar refractivity (Wildman–Crippen MR) is 51.8 cm³/mol. The molecule has 1 aromatic rings. The number of halogens is 5. The van der Waals surface area contributed by atoms with Crippen LogP contribution in [0, 0.1) is 5.95 Å². The maximum Gasteiger partial charge on any atom is 0.573 e. The first kappa shape index (κ1) is 14.5. The summed E-state index contributed by atoms with van der Waals surface area (Å²) in [7, 11) is 0. The third-order valence-electron chi connectivity index (χ3n) is 1.78. The van der Waals surface area contributed by atoms with Crippen molar-refractivity contribution in [2.45, 2.75) is 18.7 Å². The van der Waals surface area contributed by atoms with E-state index in [1.165, 1.54) is 0 Å². The average Bonchev–Trinajstić information content (AvgIpc) is 2.19. The molecule has 1 rings (SSSR count). The molecule has 0 bridgehead atoms. The first-order valence-electron chi connectivity index (χ1n) is 4.44. The van der Waals surface area contributed by atoms with Gasteiger partial charge >= 0.3 is 12.3 Å². The van der Waals surface area contributed by atoms with Gasteiger partial charge in [-0.1, -0.05) is 0 Å². The Hall–Kier alpha value is -1.57. The Labute approximate surface area is 103 Å². The number of hydrogen-bond acceptors (Lipinski definition) is 3. The van der Waals surface area contributed by atoms with E-state index in [-0.39, 0.29) is 5.56 Å². The normalized spacial score (nSPS) is 11.4. The molecule has 0 radical (unpaired) electrons. The summed E-state index contributed by atoms with van der Waals surface area (Å²) < 4.78 is 53.0. The van der Waals surface area contributed by atoms with Gasteiger partial charge in [0.15, 0.2) is 5.75 Å². The summed E-state index contributed by atoms with van der Waals surface area (Å²) in [6, 6.07) is 0.682. The summed E-state index contributed by atoms with van der Waals surface area (Å²) in [5.41, 5.74) is -0.976. The van der Waals surface area contributed by atoms with E-state index in [0.717, 1.165) is 0 Å². The minimum atomic E-state index is -5.03. The molecule has 0 aliphatic heterocycles. The van der Waals surface area contributed by atoms with E-state index >= 15 is 0 Å². The van der Waals surface area contributed by atoms with Crippen LogP contribution in [0.25, 0.3) is 0 Å². The molecule has 1 aromatic heterocycles. The van der Waals surface area contributed by atoms with Gasteiger partial charge in [-0.3, -0.25) is 4.79 Å². The number of aliphatic carboxylic acids is 1. The standard InChI is InChI=1S/C9H6ClF4NO3/c10-3-4-1-6(18-9(12,13)14)5(2-7(16)17)15-8(4)11/h1H,2-3H2,(H,16,17). The lowest BCUT2D eigenvalue weighted by molar-refractivity contribution is -0.275. The molecule has 0 unspecified atom stereocenters. The Kier molecular flexibility index (Phi) is 4.33. The Morgan fingerprint density at radius 2 is 2.11 bits per heavy atom. The largest absolute Gasteiger partial charge is 0.573 e. The maximum absolute atomic E-state index is 13.2. The van der Waals surface area contributed by atoms with Gasteiger partial charge in [-0.2, -0.15) is 4.39 Å². The monoisotopic (exact) mass is 287 g/mol. The van der Waals surface area contributed by atoms with Gasteiger partial charge in [0.25, 0.3) is 0 Å². The first-order valence-corrected chi connectivity index (χ1v) is 4.98. The van der Waals surface area contributed by atoms with Crippen molar-refractivity contribution >= 4 is 17.6 Å². The first-order chi connectivity index (χ1) is 8.23. The van der Waals surface area contributed by atoms with Crippen molar-refractivity contribution in [3.05, 3.63) is 23.3 Å². The number of pyridine rings is 1. The molecule has 0 saturated carbocycles. The van der Waals surface area contributed by atoms with Crippen LogP contribution < -0.4 is 4.74 Å². The van der Waals surface area contributed by atoms with Gasteiger partial charge in [0, 0.05) is 5.56 Å². The van der Waals surface area contributed by atoms with E-state index < -0.39 is 42.0 Å². The van der Waals surface area contributed by atoms with Crippen molar-refractivity contribution in [1.82, 2.24) is 4.98 Å². The molecular weight excluding hydrogens is 282 g/mol. The number of carboxylic acid groups (broad SMARTS) is 1. The van der Waals surface area contributed by atoms with Gasteiger partial charge in [-0.05, 0) is 6.07 Å². The lowest BCUT2D eigenvalue weighted by Gasteiger charge is -2.13. The summed E-state index contributed by atoms with van der Waals surface area (Å²) in [6.45, 7) is 0. The van der Waals surface area contributed by atoms with Crippen LogP contribution in [0.15, 0.2) is 6.07 Å². The molecular formula is C9H6ClF4NO3. The number of ether oxygens (including phenoxy) is 1. The smallest absolute Gasteiger partial charge is 0.481 e. The molecule has 0 aliphatic carbocycles. The zero-order valence-electron chi connectivity index (χ0n) is 8.59. The highest BCUT2D eigenvalue weighted by molar-refractivity contribution is 6.17. The quantitative estimate of drug-likeness (QED) is 0.525. The molecule has 0 aliphatic rings. The van der Waals surface area contributed by atoms with E-state index in [1.54, 1.807) is 0 Å². The van der Waals surface area contributed by atoms with E-state index in [0.29, 0.717) is 6.07 Å². The topological polar surface area (TPSA) is 59.4 Å². The van der Waals surface area contributed by atoms with Crippen LogP contribution in [0.1, 0.15) is 11.3 Å². The average molecular weight is 288 g/mol. The van der Waals surface area contributed by atoms with Gasteiger partial charge in [0.05, 0.1) is 18.0 Å². The zero-order chi connectivity index (χ0) is 13.9. The van der Waals surface area contributed by atoms with Gasteiger partial charge in [0.2, 0.25) is 5.95 Å². The predicted octanol–water partition coefficient (Wildman–Crippen LogP) is 2.49. The van der Waals surface area contributed by atoms with E-state index in [9.17, 15) is 22.4 Å². The molecule has 4 nitrogen and oxygen atoms in total. The molecule has 100 valence electrons. The van der Waals surface area contributed by atoms with Gasteiger partial charge in [-0.25, -0.2) is 4.98 Å². The minimum Gasteiger partial charge on any atom is -0.481 e. The van der Waals surface area contributed by atoms with Crippen LogP contribution in [0.4, 0.5) is 17.6 Å². The summed E-state index contributed by atoms with van der Waals surface area (Å²) in [6.07, 6.45) is -5.93. The zero-order valence-corrected chi connectivity index (χ0v) is 9.35. The van der Waals surface area contributed by atoms with E-state index in [1.807, 2.05) is 0 Å². The fourth-order valence-corrected chi connectivity index (χ4v) is 1.31. The van der Waals surface area contributed by atoms with E-state index in [4.69, 9.17) is 16.7 Å². The molecule has 0 atom stereocenters. The lowest BCUT2D eigenvalue weighted by Crippen LogP contribution is -2.20. The number of hydrogen-bond donors (Lipinski definition) is 1. The van der Waals surface area contributed by atoms with Crippen molar-refractivity contribution in [1.29, 1.82) is 0 Å². The number of rotatable bonds is 4. The van der Waals surface area contributed by atoms with Crippen LogP contribution >= 0.6 is 11.6 Å². The molecule has 1 heterocycles. The molecule has 0 spiro atoms. The SMILES string of the molecule is O=C(O)Cc1nc(F)c(CCl)cc1OC(F)(F)F. The Morgan fingerprint density at radius 1 is 1.50 bits per heavy atom.